The number of carbonyl (C=O) groups is 2. The van der Waals surface area contributed by atoms with Gasteiger partial charge in [-0.2, -0.15) is 0 Å². The number of aryl methyl sites for hydroxylation is 2. The first kappa shape index (κ1) is 23.8. The lowest BCUT2D eigenvalue weighted by Crippen LogP contribution is -2.14. The Morgan fingerprint density at radius 3 is 2.19 bits per heavy atom. The first-order valence-corrected chi connectivity index (χ1v) is 12.3. The summed E-state index contributed by atoms with van der Waals surface area (Å²) in [6.07, 6.45) is 14.6. The highest BCUT2D eigenvalue weighted by atomic mass is 16.5. The van der Waals surface area contributed by atoms with E-state index < -0.39 is 5.97 Å². The van der Waals surface area contributed by atoms with Gasteiger partial charge in [-0.3, -0.25) is 9.59 Å². The topological polar surface area (TPSA) is 63.6 Å². The predicted molar refractivity (Wildman–Crippen MR) is 123 cm³/mol. The SMILES string of the molecule is Cc1cc(CCCCCCC2(C(=O)O)CC2)c(C)c(CCCCC2(OC=O)CC2)c1C. The van der Waals surface area contributed by atoms with Crippen molar-refractivity contribution in [2.45, 2.75) is 116 Å². The van der Waals surface area contributed by atoms with Gasteiger partial charge in [-0.1, -0.05) is 25.3 Å². The fraction of sp³-hybridized carbons (Fsp3) is 0.704. The molecule has 0 unspecified atom stereocenters. The molecule has 3 rings (SSSR count). The Labute approximate surface area is 187 Å². The maximum absolute atomic E-state index is 11.3. The Morgan fingerprint density at radius 1 is 0.935 bits per heavy atom. The highest BCUT2D eigenvalue weighted by molar-refractivity contribution is 5.77. The number of carboxylic acid groups (broad SMARTS) is 1. The molecule has 0 spiro atoms. The average molecular weight is 429 g/mol. The Balaban J connectivity index is 1.43. The van der Waals surface area contributed by atoms with E-state index >= 15 is 0 Å². The molecule has 0 saturated heterocycles. The van der Waals surface area contributed by atoms with E-state index in [1.165, 1.54) is 40.7 Å². The third-order valence-electron chi connectivity index (χ3n) is 7.94. The average Bonchev–Trinajstić information content (AvgIpc) is 3.65. The summed E-state index contributed by atoms with van der Waals surface area (Å²) in [5, 5.41) is 9.28. The van der Waals surface area contributed by atoms with E-state index in [-0.39, 0.29) is 11.0 Å². The maximum atomic E-state index is 11.3. The molecule has 0 aromatic heterocycles. The first-order chi connectivity index (χ1) is 14.8. The molecule has 2 fully saturated rings. The van der Waals surface area contributed by atoms with Gasteiger partial charge in [-0.05, 0) is 119 Å². The van der Waals surface area contributed by atoms with Crippen LogP contribution in [0.2, 0.25) is 0 Å². The van der Waals surface area contributed by atoms with Crippen LogP contribution in [0.15, 0.2) is 6.07 Å². The summed E-state index contributed by atoms with van der Waals surface area (Å²) < 4.78 is 5.27. The van der Waals surface area contributed by atoms with Gasteiger partial charge in [0.2, 0.25) is 0 Å². The second-order valence-corrected chi connectivity index (χ2v) is 10.2. The second-order valence-electron chi connectivity index (χ2n) is 10.2. The molecule has 2 aliphatic carbocycles. The number of unbranched alkanes of at least 4 members (excludes halogenated alkanes) is 4. The minimum absolute atomic E-state index is 0.132. The van der Waals surface area contributed by atoms with Crippen LogP contribution in [0.1, 0.15) is 105 Å². The molecule has 0 bridgehead atoms. The normalized spacial score (nSPS) is 17.9. The lowest BCUT2D eigenvalue weighted by molar-refractivity contribution is -0.143. The number of hydrogen-bond donors (Lipinski definition) is 1. The number of aliphatic carboxylic acids is 1. The fourth-order valence-electron chi connectivity index (χ4n) is 5.10. The van der Waals surface area contributed by atoms with Crippen LogP contribution in [-0.2, 0) is 27.2 Å². The van der Waals surface area contributed by atoms with Gasteiger partial charge < -0.3 is 9.84 Å². The summed E-state index contributed by atoms with van der Waals surface area (Å²) in [5.74, 6) is -0.589. The van der Waals surface area contributed by atoms with E-state index in [1.54, 1.807) is 0 Å². The monoisotopic (exact) mass is 428 g/mol. The molecule has 172 valence electrons. The molecule has 0 atom stereocenters. The second kappa shape index (κ2) is 10.2. The minimum atomic E-state index is -0.589. The van der Waals surface area contributed by atoms with Gasteiger partial charge in [0.05, 0.1) is 5.41 Å². The van der Waals surface area contributed by atoms with Gasteiger partial charge in [0.1, 0.15) is 5.60 Å². The van der Waals surface area contributed by atoms with Crippen molar-refractivity contribution in [1.29, 1.82) is 0 Å². The summed E-state index contributed by atoms with van der Waals surface area (Å²) >= 11 is 0. The molecule has 0 radical (unpaired) electrons. The lowest BCUT2D eigenvalue weighted by atomic mass is 9.88. The van der Waals surface area contributed by atoms with Crippen LogP contribution in [0.5, 0.6) is 0 Å². The van der Waals surface area contributed by atoms with Crippen molar-refractivity contribution in [2.75, 3.05) is 0 Å². The standard InChI is InChI=1S/C27H40O4/c1-20-18-23(10-6-4-5-8-12-26(14-15-26)25(29)30)22(3)24(21(20)2)11-7-9-13-27(16-17-27)31-19-28/h18-19H,4-17H2,1-3H3,(H,29,30). The van der Waals surface area contributed by atoms with Crippen molar-refractivity contribution in [2.24, 2.45) is 5.41 Å². The van der Waals surface area contributed by atoms with Crippen molar-refractivity contribution < 1.29 is 19.4 Å². The molecule has 0 aliphatic heterocycles. The van der Waals surface area contributed by atoms with Crippen molar-refractivity contribution in [3.63, 3.8) is 0 Å². The summed E-state index contributed by atoms with van der Waals surface area (Å²) in [7, 11) is 0. The zero-order chi connectivity index (χ0) is 22.5. The summed E-state index contributed by atoms with van der Waals surface area (Å²) in [5.41, 5.74) is 6.76. The van der Waals surface area contributed by atoms with Crippen molar-refractivity contribution in [3.8, 4) is 0 Å². The molecule has 4 heteroatoms. The number of ether oxygens (including phenoxy) is 1. The smallest absolute Gasteiger partial charge is 0.309 e. The quantitative estimate of drug-likeness (QED) is 0.260. The number of rotatable bonds is 15. The third kappa shape index (κ3) is 6.11. The molecule has 4 nitrogen and oxygen atoms in total. The molecular weight excluding hydrogens is 388 g/mol. The van der Waals surface area contributed by atoms with E-state index in [0.29, 0.717) is 6.47 Å². The summed E-state index contributed by atoms with van der Waals surface area (Å²) in [4.78, 5) is 21.9. The molecule has 31 heavy (non-hydrogen) atoms. The number of hydrogen-bond acceptors (Lipinski definition) is 3. The summed E-state index contributed by atoms with van der Waals surface area (Å²) in [6, 6.07) is 2.37. The summed E-state index contributed by atoms with van der Waals surface area (Å²) in [6.45, 7) is 7.36. The van der Waals surface area contributed by atoms with Gasteiger partial charge in [0, 0.05) is 0 Å². The van der Waals surface area contributed by atoms with Crippen LogP contribution in [0.25, 0.3) is 0 Å². The van der Waals surface area contributed by atoms with E-state index in [4.69, 9.17) is 4.74 Å². The lowest BCUT2D eigenvalue weighted by Gasteiger charge is -2.18. The zero-order valence-electron chi connectivity index (χ0n) is 19.7. The first-order valence-electron chi connectivity index (χ1n) is 12.3. The van der Waals surface area contributed by atoms with E-state index in [0.717, 1.165) is 77.0 Å². The van der Waals surface area contributed by atoms with Crippen molar-refractivity contribution >= 4 is 12.4 Å². The molecular formula is C27H40O4. The molecule has 1 N–H and O–H groups in total. The zero-order valence-corrected chi connectivity index (χ0v) is 19.7. The third-order valence-corrected chi connectivity index (χ3v) is 7.94. The molecule has 1 aromatic rings. The van der Waals surface area contributed by atoms with Gasteiger partial charge in [0.15, 0.2) is 0 Å². The van der Waals surface area contributed by atoms with Crippen LogP contribution in [0.3, 0.4) is 0 Å². The van der Waals surface area contributed by atoms with E-state index in [2.05, 4.69) is 26.8 Å². The number of carboxylic acids is 1. The van der Waals surface area contributed by atoms with Crippen LogP contribution in [0, 0.1) is 26.2 Å². The van der Waals surface area contributed by atoms with Crippen LogP contribution in [-0.4, -0.2) is 23.1 Å². The van der Waals surface area contributed by atoms with Crippen molar-refractivity contribution in [1.82, 2.24) is 0 Å². The Hall–Kier alpha value is -1.84. The Bertz CT molecular complexity index is 787. The maximum Gasteiger partial charge on any atom is 0.309 e. The highest BCUT2D eigenvalue weighted by Crippen LogP contribution is 2.50. The van der Waals surface area contributed by atoms with E-state index in [1.807, 2.05) is 0 Å². The van der Waals surface area contributed by atoms with Crippen LogP contribution < -0.4 is 0 Å². The van der Waals surface area contributed by atoms with Gasteiger partial charge in [0.25, 0.3) is 6.47 Å². The Kier molecular flexibility index (Phi) is 7.82. The fourth-order valence-corrected chi connectivity index (χ4v) is 5.10. The predicted octanol–water partition coefficient (Wildman–Crippen LogP) is 6.39. The van der Waals surface area contributed by atoms with Crippen LogP contribution >= 0.6 is 0 Å². The highest BCUT2D eigenvalue weighted by Gasteiger charge is 2.49. The van der Waals surface area contributed by atoms with E-state index in [9.17, 15) is 14.7 Å². The van der Waals surface area contributed by atoms with Gasteiger partial charge in [-0.15, -0.1) is 0 Å². The molecule has 1 aromatic carbocycles. The van der Waals surface area contributed by atoms with Gasteiger partial charge in [-0.25, -0.2) is 0 Å². The molecule has 2 saturated carbocycles. The molecule has 0 heterocycles. The Morgan fingerprint density at radius 2 is 1.58 bits per heavy atom. The van der Waals surface area contributed by atoms with Gasteiger partial charge >= 0.3 is 5.97 Å². The number of carbonyl (C=O) groups excluding carboxylic acids is 1. The van der Waals surface area contributed by atoms with Crippen LogP contribution in [0.4, 0.5) is 0 Å². The largest absolute Gasteiger partial charge is 0.481 e. The minimum Gasteiger partial charge on any atom is -0.481 e. The molecule has 0 amide bonds. The van der Waals surface area contributed by atoms with Crippen molar-refractivity contribution in [3.05, 3.63) is 33.9 Å². The molecule has 2 aliphatic rings. The number of benzene rings is 1.